The highest BCUT2D eigenvalue weighted by Crippen LogP contribution is 2.37. The van der Waals surface area contributed by atoms with Gasteiger partial charge in [-0.25, -0.2) is 0 Å². The number of carbonyl (C=O) groups excluding carboxylic acids is 1. The van der Waals surface area contributed by atoms with Gasteiger partial charge in [-0.05, 0) is 61.6 Å². The average molecular weight is 333 g/mol. The van der Waals surface area contributed by atoms with E-state index in [4.69, 9.17) is 9.47 Å². The SMILES string of the molecule is COc1cc(C)ccc1OCC(=O)NC1CCC(C(C)(C)C)CC1. The van der Waals surface area contributed by atoms with Crippen LogP contribution in [-0.4, -0.2) is 25.7 Å². The number of carbonyl (C=O) groups is 1. The molecule has 1 aromatic carbocycles. The third-order valence-electron chi connectivity index (χ3n) is 4.99. The lowest BCUT2D eigenvalue weighted by Gasteiger charge is -2.37. The number of aryl methyl sites for hydroxylation is 1. The zero-order valence-corrected chi connectivity index (χ0v) is 15.6. The maximum Gasteiger partial charge on any atom is 0.258 e. The molecule has 0 unspecified atom stereocenters. The summed E-state index contributed by atoms with van der Waals surface area (Å²) >= 11 is 0. The van der Waals surface area contributed by atoms with Crippen LogP contribution >= 0.6 is 0 Å². The molecule has 1 saturated carbocycles. The van der Waals surface area contributed by atoms with E-state index in [2.05, 4.69) is 26.1 Å². The van der Waals surface area contributed by atoms with E-state index in [1.54, 1.807) is 7.11 Å². The summed E-state index contributed by atoms with van der Waals surface area (Å²) in [5.41, 5.74) is 1.46. The fraction of sp³-hybridized carbons (Fsp3) is 0.650. The van der Waals surface area contributed by atoms with Crippen molar-refractivity contribution in [2.24, 2.45) is 11.3 Å². The lowest BCUT2D eigenvalue weighted by Crippen LogP contribution is -2.41. The molecule has 4 nitrogen and oxygen atoms in total. The lowest BCUT2D eigenvalue weighted by molar-refractivity contribution is -0.124. The average Bonchev–Trinajstić information content (AvgIpc) is 2.53. The topological polar surface area (TPSA) is 47.6 Å². The predicted molar refractivity (Wildman–Crippen MR) is 96.6 cm³/mol. The number of hydrogen-bond acceptors (Lipinski definition) is 3. The summed E-state index contributed by atoms with van der Waals surface area (Å²) in [6.07, 6.45) is 4.48. The molecule has 2 rings (SSSR count). The van der Waals surface area contributed by atoms with Crippen LogP contribution in [0, 0.1) is 18.3 Å². The summed E-state index contributed by atoms with van der Waals surface area (Å²) in [5.74, 6) is 1.96. The summed E-state index contributed by atoms with van der Waals surface area (Å²) in [6.45, 7) is 8.93. The summed E-state index contributed by atoms with van der Waals surface area (Å²) < 4.78 is 10.9. The Morgan fingerprint density at radius 3 is 2.42 bits per heavy atom. The Bertz CT molecular complexity index is 554. The Balaban J connectivity index is 1.78. The number of hydrogen-bond donors (Lipinski definition) is 1. The van der Waals surface area contributed by atoms with E-state index >= 15 is 0 Å². The Morgan fingerprint density at radius 1 is 1.17 bits per heavy atom. The molecule has 4 heteroatoms. The fourth-order valence-corrected chi connectivity index (χ4v) is 3.41. The Morgan fingerprint density at radius 2 is 1.83 bits per heavy atom. The van der Waals surface area contributed by atoms with Gasteiger partial charge in [-0.3, -0.25) is 4.79 Å². The molecule has 0 saturated heterocycles. The molecule has 1 amide bonds. The Labute approximate surface area is 145 Å². The third-order valence-corrected chi connectivity index (χ3v) is 4.99. The molecule has 1 N–H and O–H groups in total. The first kappa shape index (κ1) is 18.6. The van der Waals surface area contributed by atoms with Gasteiger partial charge in [0.25, 0.3) is 5.91 Å². The summed E-state index contributed by atoms with van der Waals surface area (Å²) in [7, 11) is 1.61. The van der Waals surface area contributed by atoms with Crippen molar-refractivity contribution >= 4 is 5.91 Å². The van der Waals surface area contributed by atoms with Crippen molar-refractivity contribution in [1.82, 2.24) is 5.32 Å². The highest BCUT2D eigenvalue weighted by Gasteiger charge is 2.30. The van der Waals surface area contributed by atoms with E-state index in [1.807, 2.05) is 25.1 Å². The smallest absolute Gasteiger partial charge is 0.258 e. The first-order valence-electron chi connectivity index (χ1n) is 8.86. The normalized spacial score (nSPS) is 21.2. The van der Waals surface area contributed by atoms with Crippen LogP contribution in [0.1, 0.15) is 52.0 Å². The third kappa shape index (κ3) is 5.15. The van der Waals surface area contributed by atoms with Crippen LogP contribution in [0.2, 0.25) is 0 Å². The van der Waals surface area contributed by atoms with Crippen molar-refractivity contribution < 1.29 is 14.3 Å². The zero-order valence-electron chi connectivity index (χ0n) is 15.6. The van der Waals surface area contributed by atoms with Crippen LogP contribution in [0.25, 0.3) is 0 Å². The highest BCUT2D eigenvalue weighted by atomic mass is 16.5. The van der Waals surface area contributed by atoms with E-state index < -0.39 is 0 Å². The van der Waals surface area contributed by atoms with Gasteiger partial charge in [-0.1, -0.05) is 26.8 Å². The molecule has 0 aromatic heterocycles. The fourth-order valence-electron chi connectivity index (χ4n) is 3.41. The van der Waals surface area contributed by atoms with Gasteiger partial charge in [-0.2, -0.15) is 0 Å². The maximum absolute atomic E-state index is 12.2. The number of benzene rings is 1. The summed E-state index contributed by atoms with van der Waals surface area (Å²) in [5, 5.41) is 3.11. The molecule has 0 aliphatic heterocycles. The van der Waals surface area contributed by atoms with Crippen molar-refractivity contribution in [3.05, 3.63) is 23.8 Å². The molecule has 24 heavy (non-hydrogen) atoms. The first-order chi connectivity index (χ1) is 11.3. The molecule has 134 valence electrons. The molecule has 1 aliphatic carbocycles. The van der Waals surface area contributed by atoms with E-state index in [9.17, 15) is 4.79 Å². The molecule has 1 aromatic rings. The number of methoxy groups -OCH3 is 1. The van der Waals surface area contributed by atoms with Gasteiger partial charge in [0.2, 0.25) is 0 Å². The van der Waals surface area contributed by atoms with Gasteiger partial charge in [0, 0.05) is 6.04 Å². The summed E-state index contributed by atoms with van der Waals surface area (Å²) in [4.78, 5) is 12.2. The first-order valence-corrected chi connectivity index (χ1v) is 8.86. The molecular weight excluding hydrogens is 302 g/mol. The van der Waals surface area contributed by atoms with Crippen molar-refractivity contribution in [1.29, 1.82) is 0 Å². The monoisotopic (exact) mass is 333 g/mol. The van der Waals surface area contributed by atoms with Crippen LogP contribution in [0.5, 0.6) is 11.5 Å². The summed E-state index contributed by atoms with van der Waals surface area (Å²) in [6, 6.07) is 5.97. The van der Waals surface area contributed by atoms with E-state index in [0.29, 0.717) is 16.9 Å². The lowest BCUT2D eigenvalue weighted by atomic mass is 9.71. The van der Waals surface area contributed by atoms with E-state index in [0.717, 1.165) is 24.3 Å². The van der Waals surface area contributed by atoms with Crippen molar-refractivity contribution in [3.8, 4) is 11.5 Å². The van der Waals surface area contributed by atoms with Gasteiger partial charge in [0.1, 0.15) is 0 Å². The Kier molecular flexibility index (Phi) is 6.14. The second kappa shape index (κ2) is 7.91. The number of ether oxygens (including phenoxy) is 2. The molecule has 1 fully saturated rings. The van der Waals surface area contributed by atoms with Gasteiger partial charge in [0.05, 0.1) is 7.11 Å². The minimum absolute atomic E-state index is 0.0264. The second-order valence-electron chi connectivity index (χ2n) is 7.93. The molecule has 1 aliphatic rings. The van der Waals surface area contributed by atoms with Gasteiger partial charge >= 0.3 is 0 Å². The van der Waals surface area contributed by atoms with Crippen molar-refractivity contribution in [2.45, 2.75) is 59.4 Å². The van der Waals surface area contributed by atoms with Crippen molar-refractivity contribution in [3.63, 3.8) is 0 Å². The molecule has 0 radical (unpaired) electrons. The Hall–Kier alpha value is -1.71. The quantitative estimate of drug-likeness (QED) is 0.882. The largest absolute Gasteiger partial charge is 0.493 e. The van der Waals surface area contributed by atoms with E-state index in [-0.39, 0.29) is 18.6 Å². The maximum atomic E-state index is 12.2. The predicted octanol–water partition coefficient (Wildman–Crippen LogP) is 4.10. The molecule has 0 spiro atoms. The van der Waals surface area contributed by atoms with Gasteiger partial charge < -0.3 is 14.8 Å². The van der Waals surface area contributed by atoms with Crippen LogP contribution in [-0.2, 0) is 4.79 Å². The second-order valence-corrected chi connectivity index (χ2v) is 7.93. The molecule has 0 heterocycles. The highest BCUT2D eigenvalue weighted by molar-refractivity contribution is 5.78. The molecule has 0 atom stereocenters. The van der Waals surface area contributed by atoms with Gasteiger partial charge in [0.15, 0.2) is 18.1 Å². The molecular formula is C20H31NO3. The van der Waals surface area contributed by atoms with Crippen LogP contribution in [0.4, 0.5) is 0 Å². The number of amides is 1. The van der Waals surface area contributed by atoms with Gasteiger partial charge in [-0.15, -0.1) is 0 Å². The molecule has 0 bridgehead atoms. The number of rotatable bonds is 5. The zero-order chi connectivity index (χ0) is 17.7. The number of nitrogens with one attached hydrogen (secondary N) is 1. The van der Waals surface area contributed by atoms with Crippen LogP contribution in [0.3, 0.4) is 0 Å². The standard InChI is InChI=1S/C20H31NO3/c1-14-6-11-17(18(12-14)23-5)24-13-19(22)21-16-9-7-15(8-10-16)20(2,3)4/h6,11-12,15-16H,7-10,13H2,1-5H3,(H,21,22). The van der Waals surface area contributed by atoms with Crippen LogP contribution < -0.4 is 14.8 Å². The minimum atomic E-state index is -0.0585. The minimum Gasteiger partial charge on any atom is -0.493 e. The van der Waals surface area contributed by atoms with Crippen molar-refractivity contribution in [2.75, 3.05) is 13.7 Å². The van der Waals surface area contributed by atoms with Crippen LogP contribution in [0.15, 0.2) is 18.2 Å². The van der Waals surface area contributed by atoms with E-state index in [1.165, 1.54) is 12.8 Å².